The summed E-state index contributed by atoms with van der Waals surface area (Å²) < 4.78 is 18.4. The molecule has 316 valence electrons. The van der Waals surface area contributed by atoms with E-state index in [0.717, 1.165) is 72.9 Å². The number of aryl methyl sites for hydroxylation is 1. The summed E-state index contributed by atoms with van der Waals surface area (Å²) >= 11 is 0. The normalized spacial score (nSPS) is 12.2. The Morgan fingerprint density at radius 3 is 1.86 bits per heavy atom. The van der Waals surface area contributed by atoms with E-state index in [-0.39, 0.29) is 5.41 Å². The minimum atomic E-state index is -0.0969. The van der Waals surface area contributed by atoms with Crippen molar-refractivity contribution in [3.63, 3.8) is 0 Å². The highest BCUT2D eigenvalue weighted by Crippen LogP contribution is 2.50. The molecule has 0 unspecified atom stereocenters. The van der Waals surface area contributed by atoms with Gasteiger partial charge in [0, 0.05) is 62.8 Å². The van der Waals surface area contributed by atoms with E-state index in [4.69, 9.17) is 9.72 Å². The van der Waals surface area contributed by atoms with Crippen LogP contribution in [0.15, 0.2) is 194 Å². The molecule has 7 heteroatoms. The van der Waals surface area contributed by atoms with Crippen LogP contribution in [0.25, 0.3) is 99.3 Å². The van der Waals surface area contributed by atoms with Gasteiger partial charge in [-0.25, -0.2) is 4.98 Å². The molecule has 0 spiro atoms. The van der Waals surface area contributed by atoms with Crippen LogP contribution in [-0.2, 0) is 12.5 Å². The van der Waals surface area contributed by atoms with Crippen molar-refractivity contribution in [1.82, 2.24) is 23.3 Å². The molecule has 0 aliphatic carbocycles. The van der Waals surface area contributed by atoms with Gasteiger partial charge in [-0.2, -0.15) is 0 Å². The maximum absolute atomic E-state index is 6.93. The standard InChI is InChI=1S/C59H44N6O/c1-59(2,3)38-32-33-60-52(34-38)65-51-36-43(66-42-23-17-22-41(35-42)63-37-62(39-18-7-5-8-19-39)49-28-15-16-29-50(49)63)30-31-46(51)55-57-54(56-53(58(55)65)44-24-11-13-26-47(44)61(56)4)45-25-12-14-27-48(45)64(57)40-20-9-6-10-21-40/h5-36H,1-4H3. The summed E-state index contributed by atoms with van der Waals surface area (Å²) in [6.07, 6.45) is 5.59. The quantitative estimate of drug-likeness (QED) is 0.124. The highest BCUT2D eigenvalue weighted by Gasteiger charge is 2.29. The number of benzene rings is 8. The van der Waals surface area contributed by atoms with E-state index < -0.39 is 0 Å². The van der Waals surface area contributed by atoms with Crippen LogP contribution in [0.5, 0.6) is 11.5 Å². The molecule has 0 saturated carbocycles. The average molecular weight is 853 g/mol. The maximum Gasteiger partial charge on any atom is 0.269 e. The molecule has 0 N–H and O–H groups in total. The number of hydrogen-bond donors (Lipinski definition) is 0. The topological polar surface area (TPSA) is 45.7 Å². The summed E-state index contributed by atoms with van der Waals surface area (Å²) in [6.45, 7) is 6.79. The lowest BCUT2D eigenvalue weighted by atomic mass is 9.88. The zero-order valence-corrected chi connectivity index (χ0v) is 37.1. The van der Waals surface area contributed by atoms with E-state index in [0.29, 0.717) is 0 Å². The third-order valence-electron chi connectivity index (χ3n) is 13.4. The van der Waals surface area contributed by atoms with Crippen molar-refractivity contribution in [2.45, 2.75) is 26.2 Å². The van der Waals surface area contributed by atoms with Crippen molar-refractivity contribution in [2.24, 2.45) is 7.05 Å². The predicted octanol–water partition coefficient (Wildman–Crippen LogP) is 14.0. The molecule has 13 rings (SSSR count). The van der Waals surface area contributed by atoms with Crippen molar-refractivity contribution in [3.8, 4) is 34.4 Å². The highest BCUT2D eigenvalue weighted by molar-refractivity contribution is 6.40. The Labute approximate surface area is 381 Å². The molecule has 5 heterocycles. The number of rotatable bonds is 6. The molecule has 8 aromatic carbocycles. The van der Waals surface area contributed by atoms with E-state index >= 15 is 0 Å². The van der Waals surface area contributed by atoms with Gasteiger partial charge in [-0.15, -0.1) is 0 Å². The third kappa shape index (κ3) is 5.62. The first-order chi connectivity index (χ1) is 32.3. The van der Waals surface area contributed by atoms with Crippen molar-refractivity contribution >= 4 is 76.5 Å². The van der Waals surface area contributed by atoms with Gasteiger partial charge in [0.15, 0.2) is 0 Å². The molecule has 13 aromatic rings. The van der Waals surface area contributed by atoms with Gasteiger partial charge in [0.1, 0.15) is 17.3 Å². The summed E-state index contributed by atoms with van der Waals surface area (Å²) in [7, 11) is 2.21. The van der Waals surface area contributed by atoms with E-state index in [1.54, 1.807) is 0 Å². The molecular formula is C59H44N6O. The number of pyridine rings is 1. The van der Waals surface area contributed by atoms with Gasteiger partial charge in [0.05, 0.1) is 50.0 Å². The SMILES string of the molecule is Cn1c2ccccc2c2c1c1c3ccccc3n(-c3ccccc3)c1c1c3ccc(Oc4cccc(-[n+]5[c-]n(-c6ccccc6)c6ccccc65)c4)cc3n(-c3cc(C(C)(C)C)ccn3)c21. The lowest BCUT2D eigenvalue weighted by Crippen LogP contribution is -2.29. The van der Waals surface area contributed by atoms with Crippen LogP contribution in [0.3, 0.4) is 0 Å². The van der Waals surface area contributed by atoms with Crippen LogP contribution in [-0.4, -0.2) is 23.3 Å². The molecule has 0 amide bonds. The molecule has 0 aliphatic heterocycles. The Balaban J connectivity index is 1.11. The predicted molar refractivity (Wildman–Crippen MR) is 269 cm³/mol. The zero-order valence-electron chi connectivity index (χ0n) is 37.1. The van der Waals surface area contributed by atoms with Crippen LogP contribution in [0.1, 0.15) is 26.3 Å². The van der Waals surface area contributed by atoms with Crippen LogP contribution >= 0.6 is 0 Å². The Hall–Kier alpha value is -8.42. The number of fused-ring (bicyclic) bond motifs is 13. The summed E-state index contributed by atoms with van der Waals surface area (Å²) in [5.41, 5.74) is 13.2. The van der Waals surface area contributed by atoms with Crippen molar-refractivity contribution in [1.29, 1.82) is 0 Å². The molecule has 0 saturated heterocycles. The minimum Gasteiger partial charge on any atom is -0.458 e. The highest BCUT2D eigenvalue weighted by atomic mass is 16.5. The molecular weight excluding hydrogens is 809 g/mol. The lowest BCUT2D eigenvalue weighted by Gasteiger charge is -2.20. The fourth-order valence-electron chi connectivity index (χ4n) is 10.4. The van der Waals surface area contributed by atoms with Gasteiger partial charge in [-0.05, 0) is 89.8 Å². The second kappa shape index (κ2) is 14.3. The first-order valence-electron chi connectivity index (χ1n) is 22.5. The number of hydrogen-bond acceptors (Lipinski definition) is 2. The Morgan fingerprint density at radius 2 is 1.11 bits per heavy atom. The van der Waals surface area contributed by atoms with E-state index in [1.807, 2.05) is 24.4 Å². The molecule has 0 fully saturated rings. The lowest BCUT2D eigenvalue weighted by molar-refractivity contribution is -0.572. The van der Waals surface area contributed by atoms with Crippen molar-refractivity contribution in [2.75, 3.05) is 0 Å². The van der Waals surface area contributed by atoms with E-state index in [9.17, 15) is 0 Å². The number of aromatic nitrogens is 6. The van der Waals surface area contributed by atoms with Gasteiger partial charge in [0.25, 0.3) is 6.33 Å². The smallest absolute Gasteiger partial charge is 0.269 e. The van der Waals surface area contributed by atoms with Gasteiger partial charge < -0.3 is 13.9 Å². The minimum absolute atomic E-state index is 0.0969. The first-order valence-corrected chi connectivity index (χ1v) is 22.5. The van der Waals surface area contributed by atoms with Crippen LogP contribution in [0, 0.1) is 6.33 Å². The molecule has 0 radical (unpaired) electrons. The second-order valence-electron chi connectivity index (χ2n) is 18.3. The summed E-state index contributed by atoms with van der Waals surface area (Å²) in [5, 5.41) is 7.13. The first kappa shape index (κ1) is 38.1. The van der Waals surface area contributed by atoms with Crippen LogP contribution in [0.2, 0.25) is 0 Å². The summed E-state index contributed by atoms with van der Waals surface area (Å²) in [5.74, 6) is 2.31. The maximum atomic E-state index is 6.93. The van der Waals surface area contributed by atoms with Crippen LogP contribution < -0.4 is 9.30 Å². The third-order valence-corrected chi connectivity index (χ3v) is 13.4. The zero-order chi connectivity index (χ0) is 44.3. The number of ether oxygens (including phenoxy) is 1. The largest absolute Gasteiger partial charge is 0.458 e. The fraction of sp³-hybridized carbons (Fsp3) is 0.0847. The Bertz CT molecular complexity index is 4070. The van der Waals surface area contributed by atoms with E-state index in [2.05, 4.69) is 227 Å². The molecule has 66 heavy (non-hydrogen) atoms. The van der Waals surface area contributed by atoms with E-state index in [1.165, 1.54) is 43.5 Å². The van der Waals surface area contributed by atoms with Gasteiger partial charge >= 0.3 is 0 Å². The van der Waals surface area contributed by atoms with Gasteiger partial charge in [-0.1, -0.05) is 124 Å². The number of imidazole rings is 1. The molecule has 5 aromatic heterocycles. The fourth-order valence-corrected chi connectivity index (χ4v) is 10.4. The summed E-state index contributed by atoms with van der Waals surface area (Å²) in [6, 6.07) is 66.5. The van der Waals surface area contributed by atoms with Gasteiger partial charge in [-0.3, -0.25) is 13.7 Å². The number of nitrogens with zero attached hydrogens (tertiary/aromatic N) is 6. The number of para-hydroxylation sites is 6. The van der Waals surface area contributed by atoms with Crippen LogP contribution in [0.4, 0.5) is 0 Å². The van der Waals surface area contributed by atoms with Crippen molar-refractivity contribution < 1.29 is 9.30 Å². The van der Waals surface area contributed by atoms with Gasteiger partial charge in [0.2, 0.25) is 0 Å². The summed E-state index contributed by atoms with van der Waals surface area (Å²) in [4.78, 5) is 5.20. The molecule has 7 nitrogen and oxygen atoms in total. The molecule has 0 atom stereocenters. The average Bonchev–Trinajstić information content (AvgIpc) is 4.09. The Kier molecular flexibility index (Phi) is 8.25. The monoisotopic (exact) mass is 852 g/mol. The Morgan fingerprint density at radius 1 is 0.500 bits per heavy atom. The molecule has 0 bridgehead atoms. The second-order valence-corrected chi connectivity index (χ2v) is 18.3. The molecule has 0 aliphatic rings. The van der Waals surface area contributed by atoms with Crippen molar-refractivity contribution in [3.05, 3.63) is 206 Å².